The molecule has 1 aliphatic rings. The average molecular weight is 351 g/mol. The first-order valence-corrected chi connectivity index (χ1v) is 9.07. The van der Waals surface area contributed by atoms with Crippen LogP contribution in [0.15, 0.2) is 35.9 Å². The number of allylic oxidation sites excluding steroid dienone is 1. The average Bonchev–Trinajstić information content (AvgIpc) is 2.60. The molecule has 1 aromatic rings. The third kappa shape index (κ3) is 5.84. The summed E-state index contributed by atoms with van der Waals surface area (Å²) in [5, 5.41) is 12.9. The van der Waals surface area contributed by atoms with Crippen LogP contribution in [0.5, 0.6) is 0 Å². The normalized spacial score (nSPS) is 15.5. The van der Waals surface area contributed by atoms with Crippen molar-refractivity contribution in [2.24, 2.45) is 0 Å². The predicted molar refractivity (Wildman–Crippen MR) is 98.1 cm³/mol. The van der Waals surface area contributed by atoms with Crippen LogP contribution < -0.4 is 5.32 Å². The van der Waals surface area contributed by atoms with Crippen LogP contribution in [0, 0.1) is 0 Å². The quantitative estimate of drug-likeness (QED) is 0.727. The predicted octanol–water partition coefficient (Wildman–Crippen LogP) is 4.12. The zero-order valence-corrected chi connectivity index (χ0v) is 15.1. The molecule has 0 spiro atoms. The highest BCUT2D eigenvalue weighted by Gasteiger charge is 2.18. The maximum absolute atomic E-state index is 12.7. The van der Waals surface area contributed by atoms with Gasteiger partial charge in [-0.15, -0.1) is 0 Å². The molecular weight excluding hydrogens is 324 g/mol. The summed E-state index contributed by atoms with van der Waals surface area (Å²) in [5.41, 5.74) is 2.35. The molecule has 24 heavy (non-hydrogen) atoms. The Hall–Kier alpha value is -1.52. The van der Waals surface area contributed by atoms with Gasteiger partial charge in [0.15, 0.2) is 0 Å². The minimum atomic E-state index is -0.0858. The zero-order chi connectivity index (χ0) is 17.4. The second-order valence-corrected chi connectivity index (χ2v) is 6.76. The van der Waals surface area contributed by atoms with Crippen molar-refractivity contribution in [2.75, 3.05) is 13.2 Å². The summed E-state index contributed by atoms with van der Waals surface area (Å²) in [5.74, 6) is 0. The summed E-state index contributed by atoms with van der Waals surface area (Å²) in [4.78, 5) is 14.4. The number of hydrogen-bond donors (Lipinski definition) is 2. The highest BCUT2D eigenvalue weighted by Crippen LogP contribution is 2.20. The number of aliphatic hydroxyl groups excluding tert-OH is 1. The zero-order valence-electron chi connectivity index (χ0n) is 14.3. The van der Waals surface area contributed by atoms with Crippen LogP contribution in [0.2, 0.25) is 5.02 Å². The van der Waals surface area contributed by atoms with Gasteiger partial charge in [-0.25, -0.2) is 4.79 Å². The van der Waals surface area contributed by atoms with Gasteiger partial charge in [0.05, 0.1) is 0 Å². The Morgan fingerprint density at radius 2 is 2.08 bits per heavy atom. The SMILES string of the molecule is C[C@H](NC(=O)N(CCCO)Cc1ccc(Cl)cc1)C1=CCCCC1. The van der Waals surface area contributed by atoms with E-state index in [1.807, 2.05) is 31.2 Å². The van der Waals surface area contributed by atoms with E-state index >= 15 is 0 Å². The summed E-state index contributed by atoms with van der Waals surface area (Å²) in [6, 6.07) is 7.48. The molecule has 0 heterocycles. The first kappa shape index (κ1) is 18.8. The van der Waals surface area contributed by atoms with Crippen LogP contribution in [-0.2, 0) is 6.54 Å². The lowest BCUT2D eigenvalue weighted by atomic mass is 9.95. The maximum atomic E-state index is 12.7. The van der Waals surface area contributed by atoms with E-state index in [0.29, 0.717) is 24.5 Å². The monoisotopic (exact) mass is 350 g/mol. The van der Waals surface area contributed by atoms with Crippen molar-refractivity contribution in [1.82, 2.24) is 10.2 Å². The number of benzene rings is 1. The van der Waals surface area contributed by atoms with Crippen LogP contribution in [0.25, 0.3) is 0 Å². The van der Waals surface area contributed by atoms with Gasteiger partial charge in [-0.1, -0.05) is 35.4 Å². The van der Waals surface area contributed by atoms with Crippen LogP contribution in [0.4, 0.5) is 4.79 Å². The summed E-state index contributed by atoms with van der Waals surface area (Å²) in [7, 11) is 0. The lowest BCUT2D eigenvalue weighted by molar-refractivity contribution is 0.184. The molecule has 1 atom stereocenters. The molecular formula is C19H27ClN2O2. The summed E-state index contributed by atoms with van der Waals surface area (Å²) < 4.78 is 0. The third-order valence-corrected chi connectivity index (χ3v) is 4.63. The smallest absolute Gasteiger partial charge is 0.318 e. The van der Waals surface area contributed by atoms with E-state index in [4.69, 9.17) is 16.7 Å². The summed E-state index contributed by atoms with van der Waals surface area (Å²) in [6.07, 6.45) is 7.43. The van der Waals surface area contributed by atoms with Crippen molar-refractivity contribution in [1.29, 1.82) is 0 Å². The second-order valence-electron chi connectivity index (χ2n) is 6.32. The second kappa shape index (κ2) is 9.70. The molecule has 0 bridgehead atoms. The highest BCUT2D eigenvalue weighted by atomic mass is 35.5. The number of carbonyl (C=O) groups is 1. The molecule has 0 saturated carbocycles. The van der Waals surface area contributed by atoms with Gasteiger partial charge in [0.25, 0.3) is 0 Å². The first-order valence-electron chi connectivity index (χ1n) is 8.70. The molecule has 5 heteroatoms. The first-order chi connectivity index (χ1) is 11.6. The molecule has 2 amide bonds. The molecule has 1 aliphatic carbocycles. The van der Waals surface area contributed by atoms with E-state index in [-0.39, 0.29) is 18.7 Å². The van der Waals surface area contributed by atoms with Crippen molar-refractivity contribution in [2.45, 2.75) is 51.6 Å². The van der Waals surface area contributed by atoms with Crippen LogP contribution in [0.3, 0.4) is 0 Å². The Morgan fingerprint density at radius 3 is 2.71 bits per heavy atom. The minimum absolute atomic E-state index is 0.0552. The fourth-order valence-corrected chi connectivity index (χ4v) is 3.08. The molecule has 1 aromatic carbocycles. The number of carbonyl (C=O) groups excluding carboxylic acids is 1. The van der Waals surface area contributed by atoms with Crippen molar-refractivity contribution < 1.29 is 9.90 Å². The van der Waals surface area contributed by atoms with Gasteiger partial charge in [0.2, 0.25) is 0 Å². The largest absolute Gasteiger partial charge is 0.396 e. The number of rotatable bonds is 7. The minimum Gasteiger partial charge on any atom is -0.396 e. The van der Waals surface area contributed by atoms with E-state index in [2.05, 4.69) is 11.4 Å². The van der Waals surface area contributed by atoms with E-state index in [0.717, 1.165) is 18.4 Å². The van der Waals surface area contributed by atoms with Crippen molar-refractivity contribution >= 4 is 17.6 Å². The fraction of sp³-hybridized carbons (Fsp3) is 0.526. The lowest BCUT2D eigenvalue weighted by Crippen LogP contribution is -2.44. The summed E-state index contributed by atoms with van der Waals surface area (Å²) in [6.45, 7) is 3.15. The van der Waals surface area contributed by atoms with E-state index in [9.17, 15) is 4.79 Å². The number of halogens is 1. The van der Waals surface area contributed by atoms with Gasteiger partial charge >= 0.3 is 6.03 Å². The van der Waals surface area contributed by atoms with Crippen LogP contribution in [-0.4, -0.2) is 35.2 Å². The molecule has 0 fully saturated rings. The lowest BCUT2D eigenvalue weighted by Gasteiger charge is -2.27. The standard InChI is InChI=1S/C19H27ClN2O2/c1-15(17-6-3-2-4-7-17)21-19(24)22(12-5-13-23)14-16-8-10-18(20)11-9-16/h6,8-11,15,23H,2-5,7,12-14H2,1H3,(H,21,24)/t15-/m0/s1. The third-order valence-electron chi connectivity index (χ3n) is 4.38. The van der Waals surface area contributed by atoms with Gasteiger partial charge in [-0.05, 0) is 56.7 Å². The highest BCUT2D eigenvalue weighted by molar-refractivity contribution is 6.30. The number of amides is 2. The molecule has 0 radical (unpaired) electrons. The Balaban J connectivity index is 1.98. The molecule has 0 aliphatic heterocycles. The summed E-state index contributed by atoms with van der Waals surface area (Å²) >= 11 is 5.92. The van der Waals surface area contributed by atoms with Gasteiger partial charge in [-0.2, -0.15) is 0 Å². The Morgan fingerprint density at radius 1 is 1.33 bits per heavy atom. The number of nitrogens with zero attached hydrogens (tertiary/aromatic N) is 1. The number of urea groups is 1. The topological polar surface area (TPSA) is 52.6 Å². The molecule has 4 nitrogen and oxygen atoms in total. The Kier molecular flexibility index (Phi) is 7.60. The molecule has 0 unspecified atom stereocenters. The van der Waals surface area contributed by atoms with E-state index < -0.39 is 0 Å². The molecule has 132 valence electrons. The molecule has 0 saturated heterocycles. The molecule has 2 N–H and O–H groups in total. The Labute approximate surface area is 149 Å². The Bertz CT molecular complexity index is 557. The van der Waals surface area contributed by atoms with Crippen molar-refractivity contribution in [3.05, 3.63) is 46.5 Å². The molecule has 2 rings (SSSR count). The van der Waals surface area contributed by atoms with Crippen LogP contribution in [0.1, 0.15) is 44.6 Å². The van der Waals surface area contributed by atoms with Crippen LogP contribution >= 0.6 is 11.6 Å². The maximum Gasteiger partial charge on any atom is 0.318 e. The van der Waals surface area contributed by atoms with Gasteiger partial charge in [0.1, 0.15) is 0 Å². The van der Waals surface area contributed by atoms with Gasteiger partial charge < -0.3 is 15.3 Å². The van der Waals surface area contributed by atoms with Gasteiger partial charge in [-0.3, -0.25) is 0 Å². The number of hydrogen-bond acceptors (Lipinski definition) is 2. The van der Waals surface area contributed by atoms with Crippen molar-refractivity contribution in [3.63, 3.8) is 0 Å². The van der Waals surface area contributed by atoms with E-state index in [1.54, 1.807) is 4.90 Å². The van der Waals surface area contributed by atoms with Gasteiger partial charge in [0, 0.05) is 30.8 Å². The molecule has 0 aromatic heterocycles. The van der Waals surface area contributed by atoms with Crippen molar-refractivity contribution in [3.8, 4) is 0 Å². The number of nitrogens with one attached hydrogen (secondary N) is 1. The fourth-order valence-electron chi connectivity index (χ4n) is 2.95. The van der Waals surface area contributed by atoms with E-state index in [1.165, 1.54) is 18.4 Å². The number of aliphatic hydroxyl groups is 1.